The monoisotopic (exact) mass is 312 g/mol. The average molecular weight is 313 g/mol. The highest BCUT2D eigenvalue weighted by molar-refractivity contribution is 9.09. The molecule has 1 aromatic carbocycles. The number of alkyl halides is 1. The van der Waals surface area contributed by atoms with Gasteiger partial charge < -0.3 is 4.74 Å². The molecule has 0 radical (unpaired) electrons. The van der Waals surface area contributed by atoms with Crippen LogP contribution in [0.4, 0.5) is 0 Å². The first kappa shape index (κ1) is 14.9. The summed E-state index contributed by atoms with van der Waals surface area (Å²) in [7, 11) is 1.59. The fraction of sp³-hybridized carbons (Fsp3) is 0.429. The number of ketones is 2. The van der Waals surface area contributed by atoms with Gasteiger partial charge in [0.1, 0.15) is 5.75 Å². The van der Waals surface area contributed by atoms with E-state index in [0.717, 1.165) is 11.3 Å². The highest BCUT2D eigenvalue weighted by Gasteiger charge is 2.22. The van der Waals surface area contributed by atoms with Crippen LogP contribution in [0.1, 0.15) is 36.7 Å². The Labute approximate surface area is 116 Å². The molecule has 0 spiro atoms. The number of carbonyl (C=O) groups excluding carboxylic acids is 2. The van der Waals surface area contributed by atoms with Crippen molar-refractivity contribution in [3.63, 3.8) is 0 Å². The van der Waals surface area contributed by atoms with E-state index in [1.165, 1.54) is 0 Å². The molecule has 4 heteroatoms. The van der Waals surface area contributed by atoms with Crippen LogP contribution in [-0.4, -0.2) is 24.0 Å². The van der Waals surface area contributed by atoms with Crippen molar-refractivity contribution in [1.82, 2.24) is 0 Å². The largest absolute Gasteiger partial charge is 0.496 e. The third kappa shape index (κ3) is 3.19. The molecule has 1 rings (SSSR count). The van der Waals surface area contributed by atoms with Crippen molar-refractivity contribution in [2.45, 2.75) is 26.2 Å². The van der Waals surface area contributed by atoms with Crippen LogP contribution in [0.5, 0.6) is 5.75 Å². The first-order chi connectivity index (χ1) is 8.31. The van der Waals surface area contributed by atoms with Crippen LogP contribution in [0.3, 0.4) is 0 Å². The van der Waals surface area contributed by atoms with E-state index in [2.05, 4.69) is 15.9 Å². The van der Waals surface area contributed by atoms with Gasteiger partial charge in [0, 0.05) is 11.1 Å². The topological polar surface area (TPSA) is 43.4 Å². The van der Waals surface area contributed by atoms with E-state index in [1.807, 2.05) is 20.8 Å². The normalized spacial score (nSPS) is 11.2. The Bertz CT molecular complexity index is 472. The van der Waals surface area contributed by atoms with Crippen molar-refractivity contribution < 1.29 is 14.3 Å². The maximum atomic E-state index is 11.8. The standard InChI is InChI=1S/C14H17BrO3/c1-14(2,3)10-7-9(5-6-12(10)18-4)13(17)11(16)8-15/h5-7H,8H2,1-4H3. The zero-order valence-corrected chi connectivity index (χ0v) is 12.6. The number of hydrogen-bond acceptors (Lipinski definition) is 3. The first-order valence-corrected chi connectivity index (χ1v) is 6.75. The van der Waals surface area contributed by atoms with E-state index >= 15 is 0 Å². The molecule has 0 N–H and O–H groups in total. The summed E-state index contributed by atoms with van der Waals surface area (Å²) < 4.78 is 5.29. The fourth-order valence-electron chi connectivity index (χ4n) is 1.66. The number of halogens is 1. The molecule has 0 fully saturated rings. The summed E-state index contributed by atoms with van der Waals surface area (Å²) in [6.45, 7) is 6.10. The minimum absolute atomic E-state index is 0.0444. The van der Waals surface area contributed by atoms with Gasteiger partial charge in [-0.15, -0.1) is 0 Å². The number of rotatable bonds is 4. The van der Waals surface area contributed by atoms with E-state index in [1.54, 1.807) is 25.3 Å². The number of hydrogen-bond donors (Lipinski definition) is 0. The molecule has 0 unspecified atom stereocenters. The molecule has 0 bridgehead atoms. The first-order valence-electron chi connectivity index (χ1n) is 5.63. The van der Waals surface area contributed by atoms with Gasteiger partial charge in [0.25, 0.3) is 0 Å². The minimum atomic E-state index is -0.472. The second kappa shape index (κ2) is 5.65. The summed E-state index contributed by atoms with van der Waals surface area (Å²) in [5, 5.41) is 0.0444. The molecule has 0 saturated heterocycles. The van der Waals surface area contributed by atoms with Crippen molar-refractivity contribution in [1.29, 1.82) is 0 Å². The molecule has 1 aromatic rings. The van der Waals surface area contributed by atoms with Gasteiger partial charge >= 0.3 is 0 Å². The number of ether oxygens (including phenoxy) is 1. The predicted molar refractivity (Wildman–Crippen MR) is 74.8 cm³/mol. The van der Waals surface area contributed by atoms with Crippen LogP contribution in [0.15, 0.2) is 18.2 Å². The molecule has 0 aliphatic rings. The molecule has 3 nitrogen and oxygen atoms in total. The van der Waals surface area contributed by atoms with Crippen molar-refractivity contribution in [3.8, 4) is 5.75 Å². The van der Waals surface area contributed by atoms with Gasteiger partial charge in [-0.3, -0.25) is 9.59 Å². The highest BCUT2D eigenvalue weighted by Crippen LogP contribution is 2.32. The minimum Gasteiger partial charge on any atom is -0.496 e. The van der Waals surface area contributed by atoms with Gasteiger partial charge in [0.15, 0.2) is 0 Å². The fourth-order valence-corrected chi connectivity index (χ4v) is 1.91. The number of Topliss-reactive ketones (excluding diaryl/α,β-unsaturated/α-hetero) is 2. The average Bonchev–Trinajstić information content (AvgIpc) is 2.35. The second-order valence-electron chi connectivity index (χ2n) is 5.05. The van der Waals surface area contributed by atoms with E-state index in [4.69, 9.17) is 4.74 Å². The molecule has 0 aliphatic carbocycles. The van der Waals surface area contributed by atoms with E-state index in [9.17, 15) is 9.59 Å². The van der Waals surface area contributed by atoms with Gasteiger partial charge in [-0.25, -0.2) is 0 Å². The Morgan fingerprint density at radius 3 is 2.33 bits per heavy atom. The summed E-state index contributed by atoms with van der Waals surface area (Å²) in [5.74, 6) is -0.189. The van der Waals surface area contributed by atoms with Crippen LogP contribution in [0.2, 0.25) is 0 Å². The van der Waals surface area contributed by atoms with Gasteiger partial charge in [0.05, 0.1) is 12.4 Å². The molecule has 18 heavy (non-hydrogen) atoms. The third-order valence-electron chi connectivity index (χ3n) is 2.64. The zero-order chi connectivity index (χ0) is 13.9. The Balaban J connectivity index is 3.27. The lowest BCUT2D eigenvalue weighted by molar-refractivity contribution is -0.112. The molecule has 0 aromatic heterocycles. The van der Waals surface area contributed by atoms with Crippen LogP contribution < -0.4 is 4.74 Å². The second-order valence-corrected chi connectivity index (χ2v) is 5.61. The highest BCUT2D eigenvalue weighted by atomic mass is 79.9. The maximum absolute atomic E-state index is 11.8. The van der Waals surface area contributed by atoms with Crippen LogP contribution in [-0.2, 0) is 10.2 Å². The van der Waals surface area contributed by atoms with Gasteiger partial charge in [0.2, 0.25) is 11.6 Å². The number of methoxy groups -OCH3 is 1. The summed E-state index contributed by atoms with van der Waals surface area (Å²) >= 11 is 3.00. The molecule has 0 amide bonds. The quantitative estimate of drug-likeness (QED) is 0.487. The summed E-state index contributed by atoms with van der Waals surface area (Å²) in [4.78, 5) is 23.2. The lowest BCUT2D eigenvalue weighted by atomic mass is 9.85. The Morgan fingerprint density at radius 1 is 1.28 bits per heavy atom. The zero-order valence-electron chi connectivity index (χ0n) is 11.0. The van der Waals surface area contributed by atoms with Gasteiger partial charge in [-0.2, -0.15) is 0 Å². The van der Waals surface area contributed by atoms with Crippen LogP contribution >= 0.6 is 15.9 Å². The van der Waals surface area contributed by atoms with Gasteiger partial charge in [-0.05, 0) is 23.6 Å². The maximum Gasteiger partial charge on any atom is 0.229 e. The van der Waals surface area contributed by atoms with Crippen molar-refractivity contribution in [3.05, 3.63) is 29.3 Å². The van der Waals surface area contributed by atoms with E-state index in [-0.39, 0.29) is 10.7 Å². The molecule has 0 aliphatic heterocycles. The molecule has 0 saturated carbocycles. The molecule has 98 valence electrons. The Kier molecular flexibility index (Phi) is 4.68. The Morgan fingerprint density at radius 2 is 1.89 bits per heavy atom. The lowest BCUT2D eigenvalue weighted by Crippen LogP contribution is -2.18. The number of benzene rings is 1. The Hall–Kier alpha value is -1.16. The van der Waals surface area contributed by atoms with E-state index in [0.29, 0.717) is 5.56 Å². The van der Waals surface area contributed by atoms with Crippen molar-refractivity contribution >= 4 is 27.5 Å². The third-order valence-corrected chi connectivity index (χ3v) is 3.15. The lowest BCUT2D eigenvalue weighted by Gasteiger charge is -2.22. The summed E-state index contributed by atoms with van der Waals surface area (Å²) in [6, 6.07) is 5.09. The van der Waals surface area contributed by atoms with Gasteiger partial charge in [-0.1, -0.05) is 36.7 Å². The summed E-state index contributed by atoms with van der Waals surface area (Å²) in [5.41, 5.74) is 1.17. The molecular weight excluding hydrogens is 296 g/mol. The molecule has 0 heterocycles. The van der Waals surface area contributed by atoms with Crippen molar-refractivity contribution in [2.24, 2.45) is 0 Å². The summed E-state index contributed by atoms with van der Waals surface area (Å²) in [6.07, 6.45) is 0. The van der Waals surface area contributed by atoms with E-state index < -0.39 is 11.6 Å². The van der Waals surface area contributed by atoms with Crippen LogP contribution in [0.25, 0.3) is 0 Å². The molecular formula is C14H17BrO3. The SMILES string of the molecule is COc1ccc(C(=O)C(=O)CBr)cc1C(C)(C)C. The predicted octanol–water partition coefficient (Wildman–Crippen LogP) is 3.14. The van der Waals surface area contributed by atoms with Crippen LogP contribution in [0, 0.1) is 0 Å². The smallest absolute Gasteiger partial charge is 0.229 e. The molecule has 0 atom stereocenters. The number of carbonyl (C=O) groups is 2. The van der Waals surface area contributed by atoms with Crippen molar-refractivity contribution in [2.75, 3.05) is 12.4 Å².